The first-order valence-electron chi connectivity index (χ1n) is 8.35. The van der Waals surface area contributed by atoms with Crippen LogP contribution in [-0.2, 0) is 4.79 Å². The van der Waals surface area contributed by atoms with E-state index in [1.165, 1.54) is 0 Å². The van der Waals surface area contributed by atoms with Gasteiger partial charge in [-0.3, -0.25) is 4.79 Å². The maximum absolute atomic E-state index is 12.4. The van der Waals surface area contributed by atoms with Crippen molar-refractivity contribution in [1.29, 1.82) is 0 Å². The Morgan fingerprint density at radius 1 is 1.25 bits per heavy atom. The third-order valence-corrected chi connectivity index (χ3v) is 4.84. The molecule has 0 saturated carbocycles. The molecule has 0 unspecified atom stereocenters. The lowest BCUT2D eigenvalue weighted by Gasteiger charge is -2.35. The zero-order valence-corrected chi connectivity index (χ0v) is 15.1. The Morgan fingerprint density at radius 2 is 1.88 bits per heavy atom. The van der Waals surface area contributed by atoms with Crippen molar-refractivity contribution in [3.63, 3.8) is 0 Å². The number of carbonyl (C=O) groups is 2. The van der Waals surface area contributed by atoms with Gasteiger partial charge in [-0.1, -0.05) is 31.5 Å². The van der Waals surface area contributed by atoms with E-state index in [4.69, 9.17) is 11.6 Å². The van der Waals surface area contributed by atoms with Crippen LogP contribution in [0.25, 0.3) is 0 Å². The van der Waals surface area contributed by atoms with Gasteiger partial charge in [0, 0.05) is 42.8 Å². The van der Waals surface area contributed by atoms with E-state index in [1.54, 1.807) is 29.2 Å². The first kappa shape index (κ1) is 18.5. The van der Waals surface area contributed by atoms with E-state index >= 15 is 0 Å². The highest BCUT2D eigenvalue weighted by Gasteiger charge is 2.31. The average Bonchev–Trinajstić information content (AvgIpc) is 2.59. The molecule has 6 nitrogen and oxygen atoms in total. The SMILES string of the molecule is CC[C@@H](C)[C@H]([NH3+])C(=O)N1CCN(C(=O)Nc2cccc(Cl)c2)CC1. The average molecular weight is 354 g/mol. The summed E-state index contributed by atoms with van der Waals surface area (Å²) in [6.45, 7) is 6.24. The fourth-order valence-corrected chi connectivity index (χ4v) is 2.85. The Balaban J connectivity index is 1.86. The lowest BCUT2D eigenvalue weighted by Crippen LogP contribution is -2.71. The molecule has 1 heterocycles. The number of nitrogens with one attached hydrogen (secondary N) is 1. The fraction of sp³-hybridized carbons (Fsp3) is 0.529. The predicted octanol–water partition coefficient (Wildman–Crippen LogP) is 1.67. The van der Waals surface area contributed by atoms with Crippen molar-refractivity contribution in [3.8, 4) is 0 Å². The van der Waals surface area contributed by atoms with Crippen LogP contribution in [0.5, 0.6) is 0 Å². The molecule has 132 valence electrons. The normalized spacial score (nSPS) is 17.3. The van der Waals surface area contributed by atoms with Gasteiger partial charge in [0.25, 0.3) is 5.91 Å². The van der Waals surface area contributed by atoms with Crippen LogP contribution >= 0.6 is 11.6 Å². The smallest absolute Gasteiger partial charge is 0.321 e. The molecule has 24 heavy (non-hydrogen) atoms. The summed E-state index contributed by atoms with van der Waals surface area (Å²) in [6.07, 6.45) is 0.932. The van der Waals surface area contributed by atoms with Crippen LogP contribution in [0.1, 0.15) is 20.3 Å². The minimum Gasteiger partial charge on any atom is -0.347 e. The Morgan fingerprint density at radius 3 is 2.46 bits per heavy atom. The second-order valence-electron chi connectivity index (χ2n) is 6.24. The van der Waals surface area contributed by atoms with Crippen molar-refractivity contribution in [3.05, 3.63) is 29.3 Å². The van der Waals surface area contributed by atoms with Crippen LogP contribution in [0.4, 0.5) is 10.5 Å². The molecule has 1 fully saturated rings. The number of anilines is 1. The van der Waals surface area contributed by atoms with Crippen molar-refractivity contribution < 1.29 is 15.3 Å². The Hall–Kier alpha value is -1.79. The van der Waals surface area contributed by atoms with E-state index in [9.17, 15) is 9.59 Å². The van der Waals surface area contributed by atoms with Crippen molar-refractivity contribution in [2.45, 2.75) is 26.3 Å². The van der Waals surface area contributed by atoms with Gasteiger partial charge in [0.1, 0.15) is 0 Å². The van der Waals surface area contributed by atoms with Crippen LogP contribution in [0, 0.1) is 5.92 Å². The number of rotatable bonds is 4. The highest BCUT2D eigenvalue weighted by atomic mass is 35.5. The molecule has 0 aromatic heterocycles. The number of hydrogen-bond donors (Lipinski definition) is 2. The number of amides is 3. The second kappa shape index (κ2) is 8.35. The molecule has 1 aromatic rings. The lowest BCUT2D eigenvalue weighted by molar-refractivity contribution is -0.417. The molecule has 0 radical (unpaired) electrons. The van der Waals surface area contributed by atoms with Crippen molar-refractivity contribution >= 4 is 29.2 Å². The molecule has 3 amide bonds. The highest BCUT2D eigenvalue weighted by Crippen LogP contribution is 2.16. The highest BCUT2D eigenvalue weighted by molar-refractivity contribution is 6.30. The van der Waals surface area contributed by atoms with Crippen LogP contribution in [0.3, 0.4) is 0 Å². The summed E-state index contributed by atoms with van der Waals surface area (Å²) in [7, 11) is 0. The number of nitrogens with zero attached hydrogens (tertiary/aromatic N) is 2. The molecule has 0 spiro atoms. The van der Waals surface area contributed by atoms with Crippen molar-refractivity contribution in [1.82, 2.24) is 9.80 Å². The van der Waals surface area contributed by atoms with Crippen molar-refractivity contribution in [2.24, 2.45) is 5.92 Å². The third kappa shape index (κ3) is 4.61. The first-order valence-corrected chi connectivity index (χ1v) is 8.73. The zero-order valence-electron chi connectivity index (χ0n) is 14.3. The molecular weight excluding hydrogens is 328 g/mol. The molecule has 2 atom stereocenters. The largest absolute Gasteiger partial charge is 0.347 e. The molecule has 0 bridgehead atoms. The van der Waals surface area contributed by atoms with E-state index in [0.717, 1.165) is 6.42 Å². The van der Waals surface area contributed by atoms with E-state index in [2.05, 4.69) is 18.0 Å². The standard InChI is InChI=1S/C17H25ClN4O2/c1-3-12(2)15(19)16(23)21-7-9-22(10-8-21)17(24)20-14-6-4-5-13(18)11-14/h4-6,11-12,15H,3,7-10,19H2,1-2H3,(H,20,24)/p+1/t12-,15+/m1/s1. The number of carbonyl (C=O) groups excluding carboxylic acids is 2. The first-order chi connectivity index (χ1) is 11.4. The number of hydrogen-bond acceptors (Lipinski definition) is 2. The summed E-state index contributed by atoms with van der Waals surface area (Å²) in [5, 5.41) is 3.41. The van der Waals surface area contributed by atoms with Gasteiger partial charge in [-0.15, -0.1) is 0 Å². The fourth-order valence-electron chi connectivity index (χ4n) is 2.66. The topological polar surface area (TPSA) is 80.3 Å². The molecule has 1 aliphatic rings. The molecule has 1 aliphatic heterocycles. The van der Waals surface area contributed by atoms with E-state index in [-0.39, 0.29) is 23.9 Å². The van der Waals surface area contributed by atoms with Gasteiger partial charge in [0.2, 0.25) is 0 Å². The molecule has 2 rings (SSSR count). The predicted molar refractivity (Wildman–Crippen MR) is 94.8 cm³/mol. The monoisotopic (exact) mass is 353 g/mol. The Bertz CT molecular complexity index is 588. The zero-order chi connectivity index (χ0) is 17.7. The van der Waals surface area contributed by atoms with Crippen LogP contribution in [0.2, 0.25) is 5.02 Å². The minimum atomic E-state index is -0.221. The van der Waals surface area contributed by atoms with Crippen LogP contribution in [0.15, 0.2) is 24.3 Å². The number of piperazine rings is 1. The maximum Gasteiger partial charge on any atom is 0.321 e. The molecule has 1 aromatic carbocycles. The Kier molecular flexibility index (Phi) is 6.45. The summed E-state index contributed by atoms with van der Waals surface area (Å²) in [5.41, 5.74) is 4.67. The molecule has 7 heteroatoms. The van der Waals surface area contributed by atoms with Gasteiger partial charge in [0.05, 0.1) is 0 Å². The van der Waals surface area contributed by atoms with Gasteiger partial charge < -0.3 is 20.9 Å². The van der Waals surface area contributed by atoms with Crippen LogP contribution in [-0.4, -0.2) is 54.0 Å². The Labute approximate surface area is 147 Å². The maximum atomic E-state index is 12.4. The van der Waals surface area contributed by atoms with Gasteiger partial charge in [-0.2, -0.15) is 0 Å². The number of urea groups is 1. The summed E-state index contributed by atoms with van der Waals surface area (Å²) in [4.78, 5) is 28.3. The van der Waals surface area contributed by atoms with E-state index in [0.29, 0.717) is 36.9 Å². The summed E-state index contributed by atoms with van der Waals surface area (Å²) in [5.74, 6) is 0.348. The van der Waals surface area contributed by atoms with Gasteiger partial charge in [0.15, 0.2) is 6.04 Å². The second-order valence-corrected chi connectivity index (χ2v) is 6.68. The summed E-state index contributed by atoms with van der Waals surface area (Å²) in [6, 6.07) is 6.66. The van der Waals surface area contributed by atoms with Gasteiger partial charge in [-0.25, -0.2) is 4.79 Å². The summed E-state index contributed by atoms with van der Waals surface area (Å²) < 4.78 is 0. The number of quaternary nitrogens is 1. The molecule has 1 saturated heterocycles. The summed E-state index contributed by atoms with van der Waals surface area (Å²) >= 11 is 5.92. The van der Waals surface area contributed by atoms with Crippen molar-refractivity contribution in [2.75, 3.05) is 31.5 Å². The van der Waals surface area contributed by atoms with E-state index < -0.39 is 0 Å². The quantitative estimate of drug-likeness (QED) is 0.863. The van der Waals surface area contributed by atoms with Gasteiger partial charge in [-0.05, 0) is 24.6 Å². The molecule has 4 N–H and O–H groups in total. The minimum absolute atomic E-state index is 0.0826. The lowest BCUT2D eigenvalue weighted by atomic mass is 9.98. The third-order valence-electron chi connectivity index (χ3n) is 4.60. The molecule has 0 aliphatic carbocycles. The number of halogens is 1. The van der Waals surface area contributed by atoms with E-state index in [1.807, 2.05) is 11.8 Å². The van der Waals surface area contributed by atoms with Crippen LogP contribution < -0.4 is 11.1 Å². The van der Waals surface area contributed by atoms with Gasteiger partial charge >= 0.3 is 6.03 Å². The number of benzene rings is 1. The molecular formula is C17H26ClN4O2+.